The van der Waals surface area contributed by atoms with Crippen LogP contribution in [0.25, 0.3) is 0 Å². The van der Waals surface area contributed by atoms with Crippen molar-refractivity contribution in [3.05, 3.63) is 35.4 Å². The number of amides is 1. The molecule has 72 valence electrons. The van der Waals surface area contributed by atoms with Crippen LogP contribution < -0.4 is 11.5 Å². The molecule has 0 aliphatic heterocycles. The van der Waals surface area contributed by atoms with Crippen LogP contribution in [-0.4, -0.2) is 11.9 Å². The second-order valence-corrected chi connectivity index (χ2v) is 2.98. The summed E-state index contributed by atoms with van der Waals surface area (Å²) in [6, 6.07) is 8.31. The van der Waals surface area contributed by atoms with Gasteiger partial charge in [-0.05, 0) is 18.1 Å². The Morgan fingerprint density at radius 1 is 1.50 bits per heavy atom. The van der Waals surface area contributed by atoms with Crippen LogP contribution in [-0.2, 0) is 11.2 Å². The standard InChI is InChI=1S/C10H11N3O/c11-6-8-4-2-1-3-7(8)5-9(12)10(13)14/h1-4,9H,5,12H2,(H2,13,14). The first-order valence-electron chi connectivity index (χ1n) is 4.18. The Balaban J connectivity index is 2.87. The molecule has 0 bridgehead atoms. The van der Waals surface area contributed by atoms with Gasteiger partial charge in [-0.1, -0.05) is 18.2 Å². The fourth-order valence-corrected chi connectivity index (χ4v) is 1.14. The molecule has 0 aliphatic carbocycles. The summed E-state index contributed by atoms with van der Waals surface area (Å²) in [5, 5.41) is 8.76. The quantitative estimate of drug-likeness (QED) is 0.696. The summed E-state index contributed by atoms with van der Waals surface area (Å²) in [6.07, 6.45) is 0.305. The number of nitrogens with zero attached hydrogens (tertiary/aromatic N) is 1. The van der Waals surface area contributed by atoms with Gasteiger partial charge in [-0.3, -0.25) is 4.79 Å². The zero-order chi connectivity index (χ0) is 10.6. The highest BCUT2D eigenvalue weighted by Crippen LogP contribution is 2.08. The van der Waals surface area contributed by atoms with Gasteiger partial charge in [-0.25, -0.2) is 0 Å². The minimum absolute atomic E-state index is 0.305. The fourth-order valence-electron chi connectivity index (χ4n) is 1.14. The summed E-state index contributed by atoms with van der Waals surface area (Å²) < 4.78 is 0. The molecular formula is C10H11N3O. The van der Waals surface area contributed by atoms with E-state index in [0.717, 1.165) is 5.56 Å². The van der Waals surface area contributed by atoms with E-state index < -0.39 is 11.9 Å². The zero-order valence-electron chi connectivity index (χ0n) is 7.60. The Morgan fingerprint density at radius 3 is 2.71 bits per heavy atom. The number of carbonyl (C=O) groups is 1. The second-order valence-electron chi connectivity index (χ2n) is 2.98. The number of primary amides is 1. The number of nitrogens with two attached hydrogens (primary N) is 2. The third kappa shape index (κ3) is 2.31. The molecule has 1 unspecified atom stereocenters. The third-order valence-electron chi connectivity index (χ3n) is 1.94. The van der Waals surface area contributed by atoms with E-state index in [9.17, 15) is 4.79 Å². The molecule has 0 radical (unpaired) electrons. The monoisotopic (exact) mass is 189 g/mol. The Morgan fingerprint density at radius 2 is 2.14 bits per heavy atom. The highest BCUT2D eigenvalue weighted by Gasteiger charge is 2.11. The predicted octanol–water partition coefficient (Wildman–Crippen LogP) is -0.0866. The number of benzene rings is 1. The number of carbonyl (C=O) groups excluding carboxylic acids is 1. The summed E-state index contributed by atoms with van der Waals surface area (Å²) in [5.74, 6) is -0.558. The van der Waals surface area contributed by atoms with Gasteiger partial charge in [0.25, 0.3) is 0 Å². The van der Waals surface area contributed by atoms with Crippen LogP contribution in [0.3, 0.4) is 0 Å². The Labute approximate surface area is 82.1 Å². The first-order valence-corrected chi connectivity index (χ1v) is 4.18. The number of hydrogen-bond acceptors (Lipinski definition) is 3. The number of rotatable bonds is 3. The lowest BCUT2D eigenvalue weighted by molar-refractivity contribution is -0.119. The molecule has 0 fully saturated rings. The first-order chi connectivity index (χ1) is 6.65. The van der Waals surface area contributed by atoms with Crippen molar-refractivity contribution >= 4 is 5.91 Å². The van der Waals surface area contributed by atoms with Gasteiger partial charge in [0.05, 0.1) is 17.7 Å². The second kappa shape index (κ2) is 4.40. The van der Waals surface area contributed by atoms with Crippen molar-refractivity contribution in [2.24, 2.45) is 11.5 Å². The molecule has 1 aromatic rings. The van der Waals surface area contributed by atoms with E-state index in [0.29, 0.717) is 12.0 Å². The molecule has 14 heavy (non-hydrogen) atoms. The highest BCUT2D eigenvalue weighted by molar-refractivity contribution is 5.80. The predicted molar refractivity (Wildman–Crippen MR) is 52.0 cm³/mol. The van der Waals surface area contributed by atoms with Gasteiger partial charge in [0.15, 0.2) is 0 Å². The molecule has 0 saturated heterocycles. The lowest BCUT2D eigenvalue weighted by Crippen LogP contribution is -2.38. The number of hydrogen-bond donors (Lipinski definition) is 2. The first kappa shape index (κ1) is 10.2. The lowest BCUT2D eigenvalue weighted by atomic mass is 10.0. The minimum atomic E-state index is -0.732. The molecule has 4 N–H and O–H groups in total. The van der Waals surface area contributed by atoms with Gasteiger partial charge < -0.3 is 11.5 Å². The Bertz CT molecular complexity index is 381. The molecule has 0 aliphatic rings. The summed E-state index contributed by atoms with van der Waals surface area (Å²) in [4.78, 5) is 10.7. The zero-order valence-corrected chi connectivity index (χ0v) is 7.60. The van der Waals surface area contributed by atoms with Crippen LogP contribution in [0.4, 0.5) is 0 Å². The van der Waals surface area contributed by atoms with E-state index in [1.807, 2.05) is 6.07 Å². The molecule has 0 heterocycles. The van der Waals surface area contributed by atoms with E-state index in [1.165, 1.54) is 0 Å². The van der Waals surface area contributed by atoms with Crippen LogP contribution >= 0.6 is 0 Å². The van der Waals surface area contributed by atoms with Crippen LogP contribution in [0.2, 0.25) is 0 Å². The lowest BCUT2D eigenvalue weighted by Gasteiger charge is -2.08. The van der Waals surface area contributed by atoms with Crippen molar-refractivity contribution in [1.82, 2.24) is 0 Å². The third-order valence-corrected chi connectivity index (χ3v) is 1.94. The maximum absolute atomic E-state index is 10.7. The summed E-state index contributed by atoms with van der Waals surface area (Å²) >= 11 is 0. The molecule has 4 heteroatoms. The summed E-state index contributed by atoms with van der Waals surface area (Å²) in [6.45, 7) is 0. The molecule has 4 nitrogen and oxygen atoms in total. The molecular weight excluding hydrogens is 178 g/mol. The average molecular weight is 189 g/mol. The highest BCUT2D eigenvalue weighted by atomic mass is 16.1. The van der Waals surface area contributed by atoms with Crippen molar-refractivity contribution in [2.45, 2.75) is 12.5 Å². The van der Waals surface area contributed by atoms with Crippen molar-refractivity contribution in [1.29, 1.82) is 5.26 Å². The van der Waals surface area contributed by atoms with E-state index >= 15 is 0 Å². The van der Waals surface area contributed by atoms with Crippen LogP contribution in [0.1, 0.15) is 11.1 Å². The molecule has 0 spiro atoms. The van der Waals surface area contributed by atoms with E-state index in [4.69, 9.17) is 16.7 Å². The molecule has 1 amide bonds. The van der Waals surface area contributed by atoms with Gasteiger partial charge in [-0.2, -0.15) is 5.26 Å². The molecule has 1 atom stereocenters. The fraction of sp³-hybridized carbons (Fsp3) is 0.200. The van der Waals surface area contributed by atoms with Gasteiger partial charge in [0.2, 0.25) is 5.91 Å². The molecule has 1 rings (SSSR count). The van der Waals surface area contributed by atoms with Crippen molar-refractivity contribution in [2.75, 3.05) is 0 Å². The van der Waals surface area contributed by atoms with E-state index in [1.54, 1.807) is 24.3 Å². The SMILES string of the molecule is N#Cc1ccccc1CC(N)C(N)=O. The van der Waals surface area contributed by atoms with Crippen LogP contribution in [0.5, 0.6) is 0 Å². The van der Waals surface area contributed by atoms with Crippen LogP contribution in [0, 0.1) is 11.3 Å². The van der Waals surface area contributed by atoms with Crippen molar-refractivity contribution < 1.29 is 4.79 Å². The minimum Gasteiger partial charge on any atom is -0.368 e. The topological polar surface area (TPSA) is 92.9 Å². The van der Waals surface area contributed by atoms with Crippen LogP contribution in [0.15, 0.2) is 24.3 Å². The summed E-state index contributed by atoms with van der Waals surface area (Å²) in [7, 11) is 0. The van der Waals surface area contributed by atoms with Gasteiger partial charge in [0, 0.05) is 0 Å². The van der Waals surface area contributed by atoms with Crippen molar-refractivity contribution in [3.8, 4) is 6.07 Å². The van der Waals surface area contributed by atoms with Crippen molar-refractivity contribution in [3.63, 3.8) is 0 Å². The Hall–Kier alpha value is -1.86. The van der Waals surface area contributed by atoms with Gasteiger partial charge in [-0.15, -0.1) is 0 Å². The average Bonchev–Trinajstić information content (AvgIpc) is 2.18. The maximum Gasteiger partial charge on any atom is 0.234 e. The summed E-state index contributed by atoms with van der Waals surface area (Å²) in [5.41, 5.74) is 11.8. The molecule has 0 saturated carbocycles. The number of nitriles is 1. The van der Waals surface area contributed by atoms with Gasteiger partial charge >= 0.3 is 0 Å². The molecule has 0 aromatic heterocycles. The molecule has 1 aromatic carbocycles. The van der Waals surface area contributed by atoms with E-state index in [2.05, 4.69) is 0 Å². The smallest absolute Gasteiger partial charge is 0.234 e. The van der Waals surface area contributed by atoms with Gasteiger partial charge in [0.1, 0.15) is 0 Å². The Kier molecular flexibility index (Phi) is 3.21. The maximum atomic E-state index is 10.7. The van der Waals surface area contributed by atoms with E-state index in [-0.39, 0.29) is 0 Å². The largest absolute Gasteiger partial charge is 0.368 e. The normalized spacial score (nSPS) is 11.7.